The molecule has 2 aromatic carbocycles. The third-order valence-electron chi connectivity index (χ3n) is 5.58. The van der Waals surface area contributed by atoms with Crippen LogP contribution in [0, 0.1) is 24.1 Å². The van der Waals surface area contributed by atoms with Crippen LogP contribution in [0.25, 0.3) is 22.0 Å². The molecule has 4 rings (SSSR count). The SMILES string of the molecule is Cc1nc2ccc(-c3cnc(C(C)(C)O)nc3)cc2c(NC(C)c2cc(C#N)ccc2F)c1Cl. The predicted molar refractivity (Wildman–Crippen MR) is 131 cm³/mol. The Balaban J connectivity index is 1.79. The number of halogens is 2. The molecule has 34 heavy (non-hydrogen) atoms. The van der Waals surface area contributed by atoms with Gasteiger partial charge in [-0.1, -0.05) is 17.7 Å². The lowest BCUT2D eigenvalue weighted by atomic mass is 10.0. The van der Waals surface area contributed by atoms with Crippen LogP contribution in [0.2, 0.25) is 5.02 Å². The Bertz CT molecular complexity index is 1420. The van der Waals surface area contributed by atoms with Crippen LogP contribution in [0.1, 0.15) is 49.5 Å². The molecule has 1 atom stereocenters. The largest absolute Gasteiger partial charge is 0.382 e. The molecule has 0 fully saturated rings. The first-order valence-electron chi connectivity index (χ1n) is 10.7. The van der Waals surface area contributed by atoms with Crippen LogP contribution in [0.5, 0.6) is 0 Å². The second-order valence-corrected chi connectivity index (χ2v) is 9.06. The van der Waals surface area contributed by atoms with Crippen LogP contribution in [-0.2, 0) is 5.60 Å². The number of pyridine rings is 1. The maximum Gasteiger partial charge on any atom is 0.159 e. The van der Waals surface area contributed by atoms with Gasteiger partial charge in [0, 0.05) is 28.9 Å². The molecular weight excluding hydrogens is 453 g/mol. The van der Waals surface area contributed by atoms with Crippen LogP contribution in [-0.4, -0.2) is 20.1 Å². The number of aliphatic hydroxyl groups is 1. The molecule has 0 aliphatic rings. The highest BCUT2D eigenvalue weighted by atomic mass is 35.5. The average Bonchev–Trinajstić information content (AvgIpc) is 2.81. The molecule has 0 bridgehead atoms. The van der Waals surface area contributed by atoms with E-state index in [1.165, 1.54) is 18.2 Å². The molecule has 0 radical (unpaired) electrons. The Morgan fingerprint density at radius 3 is 2.47 bits per heavy atom. The summed E-state index contributed by atoms with van der Waals surface area (Å²) < 4.78 is 14.5. The van der Waals surface area contributed by atoms with Crippen molar-refractivity contribution in [3.63, 3.8) is 0 Å². The lowest BCUT2D eigenvalue weighted by Crippen LogP contribution is -2.19. The number of nitrogens with one attached hydrogen (secondary N) is 1. The van der Waals surface area contributed by atoms with E-state index in [0.717, 1.165) is 22.0 Å². The molecule has 4 aromatic rings. The number of hydrogen-bond donors (Lipinski definition) is 2. The number of anilines is 1. The summed E-state index contributed by atoms with van der Waals surface area (Å²) in [7, 11) is 0. The maximum absolute atomic E-state index is 14.5. The van der Waals surface area contributed by atoms with Crippen molar-refractivity contribution in [3.8, 4) is 17.2 Å². The van der Waals surface area contributed by atoms with Gasteiger partial charge in [-0.25, -0.2) is 14.4 Å². The first-order valence-corrected chi connectivity index (χ1v) is 11.1. The molecule has 1 unspecified atom stereocenters. The highest BCUT2D eigenvalue weighted by Gasteiger charge is 2.20. The number of nitrogens with zero attached hydrogens (tertiary/aromatic N) is 4. The van der Waals surface area contributed by atoms with Crippen molar-refractivity contribution in [2.75, 3.05) is 5.32 Å². The van der Waals surface area contributed by atoms with Crippen molar-refractivity contribution in [2.45, 2.75) is 39.3 Å². The summed E-state index contributed by atoms with van der Waals surface area (Å²) in [6.07, 6.45) is 3.31. The van der Waals surface area contributed by atoms with Gasteiger partial charge in [-0.3, -0.25) is 4.98 Å². The lowest BCUT2D eigenvalue weighted by Gasteiger charge is -2.20. The Labute approximate surface area is 202 Å². The Morgan fingerprint density at radius 1 is 1.12 bits per heavy atom. The zero-order valence-electron chi connectivity index (χ0n) is 19.2. The maximum atomic E-state index is 14.5. The Hall–Kier alpha value is -3.60. The van der Waals surface area contributed by atoms with Crippen molar-refractivity contribution in [1.82, 2.24) is 15.0 Å². The van der Waals surface area contributed by atoms with Crippen LogP contribution in [0.15, 0.2) is 48.8 Å². The fraction of sp³-hybridized carbons (Fsp3) is 0.231. The summed E-state index contributed by atoms with van der Waals surface area (Å²) >= 11 is 6.65. The molecule has 2 heterocycles. The van der Waals surface area contributed by atoms with Crippen molar-refractivity contribution < 1.29 is 9.50 Å². The van der Waals surface area contributed by atoms with Crippen LogP contribution < -0.4 is 5.32 Å². The van der Waals surface area contributed by atoms with Crippen LogP contribution in [0.3, 0.4) is 0 Å². The first-order chi connectivity index (χ1) is 16.1. The topological polar surface area (TPSA) is 94.7 Å². The molecule has 172 valence electrons. The number of nitriles is 1. The summed E-state index contributed by atoms with van der Waals surface area (Å²) in [6, 6.07) is 11.6. The molecule has 6 nitrogen and oxygen atoms in total. The monoisotopic (exact) mass is 475 g/mol. The molecule has 0 saturated carbocycles. The molecule has 0 spiro atoms. The minimum atomic E-state index is -1.14. The van der Waals surface area contributed by atoms with Gasteiger partial charge in [-0.15, -0.1) is 0 Å². The number of aryl methyl sites for hydroxylation is 1. The smallest absolute Gasteiger partial charge is 0.159 e. The number of aromatic nitrogens is 3. The van der Waals surface area contributed by atoms with Crippen LogP contribution >= 0.6 is 11.6 Å². The average molecular weight is 476 g/mol. The van der Waals surface area contributed by atoms with E-state index in [4.69, 9.17) is 11.6 Å². The van der Waals surface area contributed by atoms with Gasteiger partial charge in [0.15, 0.2) is 5.82 Å². The molecule has 2 aromatic heterocycles. The zero-order chi connectivity index (χ0) is 24.6. The Kier molecular flexibility index (Phi) is 6.22. The van der Waals surface area contributed by atoms with Gasteiger partial charge < -0.3 is 10.4 Å². The molecule has 0 aliphatic carbocycles. The third-order valence-corrected chi connectivity index (χ3v) is 6.04. The number of benzene rings is 2. The van der Waals surface area contributed by atoms with Crippen molar-refractivity contribution in [3.05, 3.63) is 82.3 Å². The fourth-order valence-corrected chi connectivity index (χ4v) is 3.91. The summed E-state index contributed by atoms with van der Waals surface area (Å²) in [5.41, 5.74) is 3.19. The van der Waals surface area contributed by atoms with E-state index in [-0.39, 0.29) is 0 Å². The number of hydrogen-bond acceptors (Lipinski definition) is 6. The third kappa shape index (κ3) is 4.56. The minimum Gasteiger partial charge on any atom is -0.382 e. The molecule has 2 N–H and O–H groups in total. The zero-order valence-corrected chi connectivity index (χ0v) is 19.9. The molecule has 0 aliphatic heterocycles. The first kappa shape index (κ1) is 23.6. The standard InChI is InChI=1S/C26H23ClFN5O/c1-14(19-9-16(11-29)5-7-21(19)28)33-24-20-10-17(6-8-22(20)32-15(2)23(24)27)18-12-30-25(31-13-18)26(3,4)34/h5-10,12-14,34H,1-4H3,(H,32,33). The Morgan fingerprint density at radius 2 is 1.82 bits per heavy atom. The van der Waals surface area contributed by atoms with Gasteiger partial charge in [0.25, 0.3) is 0 Å². The minimum absolute atomic E-state index is 0.329. The van der Waals surface area contributed by atoms with Crippen molar-refractivity contribution in [2.24, 2.45) is 0 Å². The summed E-state index contributed by atoms with van der Waals surface area (Å²) in [5.74, 6) is -0.0786. The van der Waals surface area contributed by atoms with Crippen molar-refractivity contribution >= 4 is 28.2 Å². The van der Waals surface area contributed by atoms with Crippen LogP contribution in [0.4, 0.5) is 10.1 Å². The highest BCUT2D eigenvalue weighted by molar-refractivity contribution is 6.35. The highest BCUT2D eigenvalue weighted by Crippen LogP contribution is 2.37. The number of rotatable bonds is 5. The lowest BCUT2D eigenvalue weighted by molar-refractivity contribution is 0.0687. The molecule has 0 saturated heterocycles. The second-order valence-electron chi connectivity index (χ2n) is 8.69. The molecule has 0 amide bonds. The number of fused-ring (bicyclic) bond motifs is 1. The summed E-state index contributed by atoms with van der Waals surface area (Å²) in [5, 5.41) is 23.8. The van der Waals surface area contributed by atoms with Gasteiger partial charge in [0.2, 0.25) is 0 Å². The predicted octanol–water partition coefficient (Wildman–Crippen LogP) is 6.06. The van der Waals surface area contributed by atoms with Gasteiger partial charge in [-0.05, 0) is 63.6 Å². The summed E-state index contributed by atoms with van der Waals surface area (Å²) in [4.78, 5) is 13.2. The van der Waals surface area contributed by atoms with E-state index in [0.29, 0.717) is 33.4 Å². The quantitative estimate of drug-likeness (QED) is 0.364. The molecular formula is C26H23ClFN5O. The normalized spacial score (nSPS) is 12.4. The molecule has 8 heteroatoms. The van der Waals surface area contributed by atoms with E-state index in [1.54, 1.807) is 26.2 Å². The van der Waals surface area contributed by atoms with Gasteiger partial charge in [-0.2, -0.15) is 5.26 Å². The summed E-state index contributed by atoms with van der Waals surface area (Å²) in [6.45, 7) is 6.88. The van der Waals surface area contributed by atoms with Gasteiger partial charge >= 0.3 is 0 Å². The van der Waals surface area contributed by atoms with Gasteiger partial charge in [0.1, 0.15) is 11.4 Å². The van der Waals surface area contributed by atoms with E-state index in [9.17, 15) is 14.8 Å². The van der Waals surface area contributed by atoms with E-state index in [1.807, 2.05) is 38.1 Å². The van der Waals surface area contributed by atoms with Gasteiger partial charge in [0.05, 0.1) is 39.6 Å². The fourth-order valence-electron chi connectivity index (χ4n) is 3.72. The van der Waals surface area contributed by atoms with Crippen molar-refractivity contribution in [1.29, 1.82) is 5.26 Å². The second kappa shape index (κ2) is 8.98. The van der Waals surface area contributed by atoms with E-state index >= 15 is 0 Å². The van der Waals surface area contributed by atoms with E-state index in [2.05, 4.69) is 20.3 Å². The van der Waals surface area contributed by atoms with E-state index < -0.39 is 17.5 Å².